The van der Waals surface area contributed by atoms with Crippen molar-refractivity contribution in [1.82, 2.24) is 0 Å². The molecule has 0 N–H and O–H groups in total. The molecule has 2 rings (SSSR count). The summed E-state index contributed by atoms with van der Waals surface area (Å²) in [4.78, 5) is 1.31. The standard InChI is InChI=1S/C15H18NS.HI/c1-3-9-16-10-7-13(8-11-16)14-5-4-6-15(12-14)17-2;/h4-8,10-12H,3,9H2,1-2H3;1H/q+1;/p-1. The molecular weight excluding hydrogens is 353 g/mol. The second-order valence-corrected chi connectivity index (χ2v) is 4.94. The lowest BCUT2D eigenvalue weighted by atomic mass is 10.1. The maximum absolute atomic E-state index is 2.24. The van der Waals surface area contributed by atoms with Crippen molar-refractivity contribution in [1.29, 1.82) is 0 Å². The molecule has 0 spiro atoms. The van der Waals surface area contributed by atoms with Gasteiger partial charge in [-0.25, -0.2) is 4.57 Å². The monoisotopic (exact) mass is 371 g/mol. The van der Waals surface area contributed by atoms with E-state index in [0.29, 0.717) is 0 Å². The molecule has 3 heteroatoms. The van der Waals surface area contributed by atoms with Gasteiger partial charge in [0.15, 0.2) is 12.4 Å². The highest BCUT2D eigenvalue weighted by molar-refractivity contribution is 7.98. The Kier molecular flexibility index (Phi) is 6.71. The van der Waals surface area contributed by atoms with Crippen LogP contribution in [0.2, 0.25) is 0 Å². The molecule has 0 radical (unpaired) electrons. The van der Waals surface area contributed by atoms with E-state index in [1.54, 1.807) is 11.8 Å². The minimum absolute atomic E-state index is 0. The summed E-state index contributed by atoms with van der Waals surface area (Å²) in [6.07, 6.45) is 7.60. The minimum Gasteiger partial charge on any atom is -1.00 e. The van der Waals surface area contributed by atoms with Gasteiger partial charge in [0.25, 0.3) is 0 Å². The lowest BCUT2D eigenvalue weighted by Crippen LogP contribution is -3.00. The Hall–Kier alpha value is -0.550. The Morgan fingerprint density at radius 3 is 2.39 bits per heavy atom. The average Bonchev–Trinajstić information content (AvgIpc) is 2.40. The predicted octanol–water partition coefficient (Wildman–Crippen LogP) is 0.777. The molecule has 1 aromatic heterocycles. The van der Waals surface area contributed by atoms with Crippen LogP contribution in [0.3, 0.4) is 0 Å². The SMILES string of the molecule is CCC[n+]1ccc(-c2cccc(SC)c2)cc1.[I-]. The molecule has 0 unspecified atom stereocenters. The molecule has 0 fully saturated rings. The summed E-state index contributed by atoms with van der Waals surface area (Å²) in [5, 5.41) is 0. The summed E-state index contributed by atoms with van der Waals surface area (Å²) in [6, 6.07) is 13.1. The van der Waals surface area contributed by atoms with Crippen molar-refractivity contribution in [3.63, 3.8) is 0 Å². The first kappa shape index (κ1) is 15.5. The van der Waals surface area contributed by atoms with E-state index < -0.39 is 0 Å². The Morgan fingerprint density at radius 1 is 1.06 bits per heavy atom. The number of halogens is 1. The van der Waals surface area contributed by atoms with Gasteiger partial charge in [0.1, 0.15) is 6.54 Å². The number of hydrogen-bond donors (Lipinski definition) is 0. The Morgan fingerprint density at radius 2 is 1.78 bits per heavy atom. The molecule has 96 valence electrons. The summed E-state index contributed by atoms with van der Waals surface area (Å²) in [5.74, 6) is 0. The molecule has 0 bridgehead atoms. The van der Waals surface area contributed by atoms with Crippen LogP contribution in [-0.2, 0) is 6.54 Å². The van der Waals surface area contributed by atoms with Crippen LogP contribution in [0.1, 0.15) is 13.3 Å². The molecule has 1 aromatic carbocycles. The van der Waals surface area contributed by atoms with Crippen molar-refractivity contribution in [2.75, 3.05) is 6.26 Å². The van der Waals surface area contributed by atoms with E-state index in [9.17, 15) is 0 Å². The van der Waals surface area contributed by atoms with E-state index in [-0.39, 0.29) is 24.0 Å². The molecule has 0 saturated heterocycles. The van der Waals surface area contributed by atoms with Gasteiger partial charge in [-0.1, -0.05) is 19.1 Å². The van der Waals surface area contributed by atoms with Crippen molar-refractivity contribution >= 4 is 11.8 Å². The maximum atomic E-state index is 2.24. The zero-order chi connectivity index (χ0) is 12.1. The van der Waals surface area contributed by atoms with Crippen LogP contribution < -0.4 is 28.5 Å². The third kappa shape index (κ3) is 3.99. The first-order chi connectivity index (χ1) is 8.33. The smallest absolute Gasteiger partial charge is 0.169 e. The quantitative estimate of drug-likeness (QED) is 0.437. The second-order valence-electron chi connectivity index (χ2n) is 4.06. The number of thioether (sulfide) groups is 1. The van der Waals surface area contributed by atoms with E-state index in [0.717, 1.165) is 6.54 Å². The molecule has 1 heterocycles. The van der Waals surface area contributed by atoms with Crippen molar-refractivity contribution in [2.45, 2.75) is 24.8 Å². The van der Waals surface area contributed by atoms with Crippen LogP contribution in [0.25, 0.3) is 11.1 Å². The fourth-order valence-corrected chi connectivity index (χ4v) is 2.32. The van der Waals surface area contributed by atoms with Gasteiger partial charge >= 0.3 is 0 Å². The molecule has 0 atom stereocenters. The van der Waals surface area contributed by atoms with Crippen LogP contribution >= 0.6 is 11.8 Å². The van der Waals surface area contributed by atoms with Gasteiger partial charge in [0.05, 0.1) is 0 Å². The Balaban J connectivity index is 0.00000162. The highest BCUT2D eigenvalue weighted by Gasteiger charge is 2.02. The third-order valence-electron chi connectivity index (χ3n) is 2.78. The predicted molar refractivity (Wildman–Crippen MR) is 74.1 cm³/mol. The summed E-state index contributed by atoms with van der Waals surface area (Å²) in [5.41, 5.74) is 2.58. The molecule has 0 saturated carbocycles. The van der Waals surface area contributed by atoms with Crippen LogP contribution in [0, 0.1) is 0 Å². The van der Waals surface area contributed by atoms with Crippen molar-refractivity contribution in [2.24, 2.45) is 0 Å². The topological polar surface area (TPSA) is 3.88 Å². The minimum atomic E-state index is 0. The van der Waals surface area contributed by atoms with E-state index in [4.69, 9.17) is 0 Å². The Bertz CT molecular complexity index is 482. The molecular formula is C15H18INS. The molecule has 0 aliphatic carbocycles. The van der Waals surface area contributed by atoms with Gasteiger partial charge in [-0.15, -0.1) is 11.8 Å². The fraction of sp³-hybridized carbons (Fsp3) is 0.267. The maximum Gasteiger partial charge on any atom is 0.169 e. The van der Waals surface area contributed by atoms with Crippen LogP contribution in [0.5, 0.6) is 0 Å². The summed E-state index contributed by atoms with van der Waals surface area (Å²) < 4.78 is 2.22. The van der Waals surface area contributed by atoms with E-state index in [1.807, 2.05) is 0 Å². The van der Waals surface area contributed by atoms with Crippen LogP contribution in [0.4, 0.5) is 0 Å². The van der Waals surface area contributed by atoms with Gasteiger partial charge < -0.3 is 24.0 Å². The van der Waals surface area contributed by atoms with Gasteiger partial charge in [-0.2, -0.15) is 0 Å². The average molecular weight is 371 g/mol. The number of aryl methyl sites for hydroxylation is 1. The number of nitrogens with zero attached hydrogens (tertiary/aromatic N) is 1. The summed E-state index contributed by atoms with van der Waals surface area (Å²) in [7, 11) is 0. The zero-order valence-corrected chi connectivity index (χ0v) is 13.7. The van der Waals surface area contributed by atoms with E-state index >= 15 is 0 Å². The number of pyridine rings is 1. The summed E-state index contributed by atoms with van der Waals surface area (Å²) in [6.45, 7) is 3.29. The van der Waals surface area contributed by atoms with Crippen molar-refractivity contribution < 1.29 is 28.5 Å². The van der Waals surface area contributed by atoms with Gasteiger partial charge in [-0.3, -0.25) is 0 Å². The fourth-order valence-electron chi connectivity index (χ4n) is 1.86. The molecule has 1 nitrogen and oxygen atoms in total. The van der Waals surface area contributed by atoms with Crippen LogP contribution in [-0.4, -0.2) is 6.26 Å². The number of aromatic nitrogens is 1. The molecule has 18 heavy (non-hydrogen) atoms. The first-order valence-corrected chi connectivity index (χ1v) is 7.19. The normalized spacial score (nSPS) is 9.89. The Labute approximate surface area is 131 Å². The third-order valence-corrected chi connectivity index (χ3v) is 3.50. The number of benzene rings is 1. The second kappa shape index (κ2) is 7.79. The molecule has 2 aromatic rings. The molecule has 0 aliphatic heterocycles. The first-order valence-electron chi connectivity index (χ1n) is 5.97. The van der Waals surface area contributed by atoms with Crippen LogP contribution in [0.15, 0.2) is 53.7 Å². The van der Waals surface area contributed by atoms with Crippen molar-refractivity contribution in [3.05, 3.63) is 48.8 Å². The van der Waals surface area contributed by atoms with E-state index in [2.05, 4.69) is 66.5 Å². The summed E-state index contributed by atoms with van der Waals surface area (Å²) >= 11 is 1.78. The van der Waals surface area contributed by atoms with Crippen molar-refractivity contribution in [3.8, 4) is 11.1 Å². The molecule has 0 amide bonds. The highest BCUT2D eigenvalue weighted by atomic mass is 127. The lowest BCUT2D eigenvalue weighted by Gasteiger charge is -2.03. The van der Waals surface area contributed by atoms with E-state index in [1.165, 1.54) is 22.4 Å². The van der Waals surface area contributed by atoms with Gasteiger partial charge in [-0.05, 0) is 29.5 Å². The zero-order valence-electron chi connectivity index (χ0n) is 10.8. The molecule has 0 aliphatic rings. The van der Waals surface area contributed by atoms with Gasteiger partial charge in [0.2, 0.25) is 0 Å². The van der Waals surface area contributed by atoms with Gasteiger partial charge in [0, 0.05) is 23.4 Å². The highest BCUT2D eigenvalue weighted by Crippen LogP contribution is 2.23. The number of hydrogen-bond acceptors (Lipinski definition) is 1. The lowest BCUT2D eigenvalue weighted by molar-refractivity contribution is -0.696. The largest absolute Gasteiger partial charge is 1.00 e. The number of rotatable bonds is 4.